The normalized spacial score (nSPS) is 15.9. The summed E-state index contributed by atoms with van der Waals surface area (Å²) < 4.78 is 0. The summed E-state index contributed by atoms with van der Waals surface area (Å²) in [7, 11) is 0. The van der Waals surface area contributed by atoms with Crippen LogP contribution < -0.4 is 10.2 Å². The van der Waals surface area contributed by atoms with E-state index in [4.69, 9.17) is 0 Å². The molecular weight excluding hydrogens is 310 g/mol. The van der Waals surface area contributed by atoms with Crippen LogP contribution in [0.25, 0.3) is 11.0 Å². The number of aromatic nitrogens is 2. The Balaban J connectivity index is 1.42. The lowest BCUT2D eigenvalue weighted by atomic mass is 10.2. The van der Waals surface area contributed by atoms with Crippen molar-refractivity contribution in [2.45, 2.75) is 19.9 Å². The zero-order chi connectivity index (χ0) is 17.2. The Kier molecular flexibility index (Phi) is 4.32. The number of benzene rings is 2. The van der Waals surface area contributed by atoms with Crippen LogP contribution in [-0.4, -0.2) is 47.1 Å². The fraction of sp³-hybridized carbons (Fsp3) is 0.350. The Labute approximate surface area is 148 Å². The average molecular weight is 335 g/mol. The Morgan fingerprint density at radius 2 is 1.68 bits per heavy atom. The van der Waals surface area contributed by atoms with Crippen molar-refractivity contribution in [3.63, 3.8) is 0 Å². The van der Waals surface area contributed by atoms with Crippen LogP contribution in [0.4, 0.5) is 17.3 Å². The summed E-state index contributed by atoms with van der Waals surface area (Å²) in [6.07, 6.45) is 0. The van der Waals surface area contributed by atoms with Crippen LogP contribution in [0, 0.1) is 0 Å². The van der Waals surface area contributed by atoms with E-state index in [0.717, 1.165) is 48.8 Å². The number of H-pyrrole nitrogens is 1. The molecule has 130 valence electrons. The van der Waals surface area contributed by atoms with Gasteiger partial charge in [-0.25, -0.2) is 4.98 Å². The SMILES string of the molecule is CC(C)N1CCN(c2ccc(Nc3nc4ccccc4[nH]3)cc2)CC1. The number of hydrogen-bond donors (Lipinski definition) is 2. The first-order valence-corrected chi connectivity index (χ1v) is 9.00. The predicted octanol–water partition coefficient (Wildman–Crippen LogP) is 3.84. The number of aromatic amines is 1. The molecule has 1 saturated heterocycles. The molecule has 0 atom stereocenters. The Bertz CT molecular complexity index is 796. The van der Waals surface area contributed by atoms with Gasteiger partial charge in [-0.05, 0) is 50.2 Å². The Hall–Kier alpha value is -2.53. The molecule has 5 nitrogen and oxygen atoms in total. The second-order valence-electron chi connectivity index (χ2n) is 6.89. The van der Waals surface area contributed by atoms with E-state index in [1.165, 1.54) is 5.69 Å². The van der Waals surface area contributed by atoms with Gasteiger partial charge in [0.25, 0.3) is 0 Å². The molecule has 0 aliphatic carbocycles. The smallest absolute Gasteiger partial charge is 0.205 e. The number of anilines is 3. The van der Waals surface area contributed by atoms with E-state index in [1.54, 1.807) is 0 Å². The monoisotopic (exact) mass is 335 g/mol. The molecule has 2 aromatic carbocycles. The van der Waals surface area contributed by atoms with Crippen LogP contribution in [-0.2, 0) is 0 Å². The zero-order valence-electron chi connectivity index (χ0n) is 14.9. The number of para-hydroxylation sites is 2. The summed E-state index contributed by atoms with van der Waals surface area (Å²) in [5.41, 5.74) is 4.36. The summed E-state index contributed by atoms with van der Waals surface area (Å²) in [6, 6.07) is 17.3. The van der Waals surface area contributed by atoms with Gasteiger partial charge in [-0.15, -0.1) is 0 Å². The van der Waals surface area contributed by atoms with E-state index < -0.39 is 0 Å². The predicted molar refractivity (Wildman–Crippen MR) is 105 cm³/mol. The molecule has 0 unspecified atom stereocenters. The van der Waals surface area contributed by atoms with E-state index in [0.29, 0.717) is 6.04 Å². The molecule has 0 spiro atoms. The van der Waals surface area contributed by atoms with Gasteiger partial charge < -0.3 is 15.2 Å². The first kappa shape index (κ1) is 16.0. The number of imidazole rings is 1. The van der Waals surface area contributed by atoms with Crippen molar-refractivity contribution in [2.24, 2.45) is 0 Å². The van der Waals surface area contributed by atoms with Crippen LogP contribution in [0.1, 0.15) is 13.8 Å². The molecule has 0 radical (unpaired) electrons. The Morgan fingerprint density at radius 3 is 2.36 bits per heavy atom. The van der Waals surface area contributed by atoms with Gasteiger partial charge >= 0.3 is 0 Å². The highest BCUT2D eigenvalue weighted by Crippen LogP contribution is 2.22. The molecule has 1 aliphatic heterocycles. The number of piperazine rings is 1. The van der Waals surface area contributed by atoms with E-state index in [9.17, 15) is 0 Å². The van der Waals surface area contributed by atoms with Crippen molar-refractivity contribution >= 4 is 28.4 Å². The number of hydrogen-bond acceptors (Lipinski definition) is 4. The average Bonchev–Trinajstić information content (AvgIpc) is 3.05. The van der Waals surface area contributed by atoms with Crippen LogP contribution in [0.5, 0.6) is 0 Å². The van der Waals surface area contributed by atoms with Gasteiger partial charge in [-0.2, -0.15) is 0 Å². The lowest BCUT2D eigenvalue weighted by Gasteiger charge is -2.38. The maximum absolute atomic E-state index is 4.56. The minimum absolute atomic E-state index is 0.637. The highest BCUT2D eigenvalue weighted by atomic mass is 15.3. The summed E-state index contributed by atoms with van der Waals surface area (Å²) in [5, 5.41) is 3.35. The largest absolute Gasteiger partial charge is 0.369 e. The van der Waals surface area contributed by atoms with Gasteiger partial charge in [0.15, 0.2) is 0 Å². The molecule has 1 aliphatic rings. The van der Waals surface area contributed by atoms with Gasteiger partial charge in [-0.3, -0.25) is 4.90 Å². The van der Waals surface area contributed by atoms with Crippen molar-refractivity contribution in [3.05, 3.63) is 48.5 Å². The highest BCUT2D eigenvalue weighted by Gasteiger charge is 2.18. The summed E-state index contributed by atoms with van der Waals surface area (Å²) in [6.45, 7) is 9.00. The first-order chi connectivity index (χ1) is 12.2. The van der Waals surface area contributed by atoms with E-state index in [1.807, 2.05) is 24.3 Å². The van der Waals surface area contributed by atoms with Crippen LogP contribution in [0.2, 0.25) is 0 Å². The van der Waals surface area contributed by atoms with E-state index in [-0.39, 0.29) is 0 Å². The summed E-state index contributed by atoms with van der Waals surface area (Å²) in [4.78, 5) is 12.9. The third kappa shape index (κ3) is 3.46. The molecular formula is C20H25N5. The number of nitrogens with one attached hydrogen (secondary N) is 2. The molecule has 25 heavy (non-hydrogen) atoms. The van der Waals surface area contributed by atoms with Crippen molar-refractivity contribution in [3.8, 4) is 0 Å². The van der Waals surface area contributed by atoms with Gasteiger partial charge in [0.05, 0.1) is 11.0 Å². The van der Waals surface area contributed by atoms with E-state index in [2.05, 4.69) is 63.2 Å². The van der Waals surface area contributed by atoms with Crippen LogP contribution in [0.15, 0.2) is 48.5 Å². The van der Waals surface area contributed by atoms with E-state index >= 15 is 0 Å². The van der Waals surface area contributed by atoms with Crippen molar-refractivity contribution in [1.29, 1.82) is 0 Å². The molecule has 1 fully saturated rings. The molecule has 1 aromatic heterocycles. The van der Waals surface area contributed by atoms with Crippen LogP contribution in [0.3, 0.4) is 0 Å². The van der Waals surface area contributed by atoms with Crippen molar-refractivity contribution < 1.29 is 0 Å². The molecule has 3 aromatic rings. The third-order valence-corrected chi connectivity index (χ3v) is 4.93. The summed E-state index contributed by atoms with van der Waals surface area (Å²) >= 11 is 0. The summed E-state index contributed by atoms with van der Waals surface area (Å²) in [5.74, 6) is 0.777. The third-order valence-electron chi connectivity index (χ3n) is 4.93. The second-order valence-corrected chi connectivity index (χ2v) is 6.89. The molecule has 2 N–H and O–H groups in total. The maximum atomic E-state index is 4.56. The molecule has 0 saturated carbocycles. The number of fused-ring (bicyclic) bond motifs is 1. The molecule has 0 amide bonds. The standard InChI is InChI=1S/C20H25N5/c1-15(2)24-11-13-25(14-12-24)17-9-7-16(8-10-17)21-20-22-18-5-3-4-6-19(18)23-20/h3-10,15H,11-14H2,1-2H3,(H2,21,22,23). The molecule has 2 heterocycles. The minimum atomic E-state index is 0.637. The quantitative estimate of drug-likeness (QED) is 0.760. The zero-order valence-corrected chi connectivity index (χ0v) is 14.9. The van der Waals surface area contributed by atoms with Gasteiger partial charge in [0, 0.05) is 43.6 Å². The fourth-order valence-electron chi connectivity index (χ4n) is 3.40. The van der Waals surface area contributed by atoms with Crippen molar-refractivity contribution in [1.82, 2.24) is 14.9 Å². The molecule has 4 rings (SSSR count). The van der Waals surface area contributed by atoms with Gasteiger partial charge in [0.1, 0.15) is 0 Å². The molecule has 0 bridgehead atoms. The highest BCUT2D eigenvalue weighted by molar-refractivity contribution is 5.78. The number of nitrogens with zero attached hydrogens (tertiary/aromatic N) is 3. The lowest BCUT2D eigenvalue weighted by Crippen LogP contribution is -2.48. The maximum Gasteiger partial charge on any atom is 0.205 e. The van der Waals surface area contributed by atoms with Gasteiger partial charge in [0.2, 0.25) is 5.95 Å². The lowest BCUT2D eigenvalue weighted by molar-refractivity contribution is 0.209. The molecule has 5 heteroatoms. The minimum Gasteiger partial charge on any atom is -0.369 e. The fourth-order valence-corrected chi connectivity index (χ4v) is 3.40. The second kappa shape index (κ2) is 6.76. The first-order valence-electron chi connectivity index (χ1n) is 9.00. The van der Waals surface area contributed by atoms with Gasteiger partial charge in [-0.1, -0.05) is 12.1 Å². The van der Waals surface area contributed by atoms with Crippen molar-refractivity contribution in [2.75, 3.05) is 36.4 Å². The van der Waals surface area contributed by atoms with Crippen LogP contribution >= 0.6 is 0 Å². The topological polar surface area (TPSA) is 47.2 Å². The number of rotatable bonds is 4. The Morgan fingerprint density at radius 1 is 0.960 bits per heavy atom.